The Kier molecular flexibility index (Phi) is 4.67. The van der Waals surface area contributed by atoms with Gasteiger partial charge in [0.1, 0.15) is 0 Å². The Morgan fingerprint density at radius 3 is 2.73 bits per heavy atom. The molecule has 114 valence electrons. The fraction of sp³-hybridized carbons (Fsp3) is 0.133. The van der Waals surface area contributed by atoms with Crippen LogP contribution in [0.1, 0.15) is 12.5 Å². The van der Waals surface area contributed by atoms with E-state index in [0.29, 0.717) is 17.0 Å². The van der Waals surface area contributed by atoms with Crippen molar-refractivity contribution in [3.63, 3.8) is 0 Å². The van der Waals surface area contributed by atoms with E-state index >= 15 is 0 Å². The predicted molar refractivity (Wildman–Crippen MR) is 81.9 cm³/mol. The number of non-ortho nitro benzene ring substituents is 1. The number of nitrogens with one attached hydrogen (secondary N) is 1. The van der Waals surface area contributed by atoms with Crippen molar-refractivity contribution in [2.45, 2.75) is 6.92 Å². The Hall–Kier alpha value is -2.96. The minimum Gasteiger partial charge on any atom is -0.494 e. The average molecular weight is 303 g/mol. The van der Waals surface area contributed by atoms with Crippen LogP contribution in [0.3, 0.4) is 0 Å². The summed E-state index contributed by atoms with van der Waals surface area (Å²) < 4.78 is 18.5. The number of nitro groups is 1. The summed E-state index contributed by atoms with van der Waals surface area (Å²) in [5.74, 6) is -0.326. The van der Waals surface area contributed by atoms with Crippen molar-refractivity contribution in [2.24, 2.45) is 5.10 Å². The van der Waals surface area contributed by atoms with E-state index in [-0.39, 0.29) is 11.4 Å². The first-order chi connectivity index (χ1) is 10.5. The van der Waals surface area contributed by atoms with Crippen LogP contribution >= 0.6 is 0 Å². The van der Waals surface area contributed by atoms with Gasteiger partial charge in [-0.15, -0.1) is 0 Å². The molecule has 0 fully saturated rings. The first-order valence-electron chi connectivity index (χ1n) is 6.40. The molecule has 2 rings (SSSR count). The highest BCUT2D eigenvalue weighted by Gasteiger charge is 2.07. The molecule has 0 heterocycles. The number of hydrazone groups is 1. The Bertz CT molecular complexity index is 732. The highest BCUT2D eigenvalue weighted by Crippen LogP contribution is 2.19. The Morgan fingerprint density at radius 1 is 1.32 bits per heavy atom. The highest BCUT2D eigenvalue weighted by molar-refractivity contribution is 5.99. The lowest BCUT2D eigenvalue weighted by atomic mass is 10.1. The number of benzene rings is 2. The second kappa shape index (κ2) is 6.66. The molecule has 7 heteroatoms. The molecule has 0 saturated carbocycles. The lowest BCUT2D eigenvalue weighted by molar-refractivity contribution is -0.384. The lowest BCUT2D eigenvalue weighted by Crippen LogP contribution is -2.01. The molecule has 1 N–H and O–H groups in total. The minimum absolute atomic E-state index is 0.0339. The van der Waals surface area contributed by atoms with Gasteiger partial charge in [-0.3, -0.25) is 15.5 Å². The van der Waals surface area contributed by atoms with E-state index in [4.69, 9.17) is 4.74 Å². The van der Waals surface area contributed by atoms with Crippen LogP contribution in [0.4, 0.5) is 15.8 Å². The molecule has 22 heavy (non-hydrogen) atoms. The zero-order chi connectivity index (χ0) is 16.1. The molecule has 2 aromatic carbocycles. The van der Waals surface area contributed by atoms with Crippen LogP contribution in [0.2, 0.25) is 0 Å². The van der Waals surface area contributed by atoms with Crippen LogP contribution in [0.5, 0.6) is 5.75 Å². The predicted octanol–water partition coefficient (Wildman–Crippen LogP) is 3.58. The number of ether oxygens (including phenoxy) is 1. The van der Waals surface area contributed by atoms with Gasteiger partial charge in [-0.1, -0.05) is 6.07 Å². The molecule has 6 nitrogen and oxygen atoms in total. The van der Waals surface area contributed by atoms with Crippen molar-refractivity contribution in [1.82, 2.24) is 0 Å². The van der Waals surface area contributed by atoms with Crippen LogP contribution in [0, 0.1) is 15.9 Å². The molecular formula is C15H14FN3O3. The largest absolute Gasteiger partial charge is 0.494 e. The van der Waals surface area contributed by atoms with Gasteiger partial charge in [-0.25, -0.2) is 4.39 Å². The Balaban J connectivity index is 2.17. The zero-order valence-corrected chi connectivity index (χ0v) is 12.0. The molecule has 0 aliphatic carbocycles. The normalized spacial score (nSPS) is 11.1. The number of nitro benzene ring substituents is 1. The quantitative estimate of drug-likeness (QED) is 0.520. The maximum atomic E-state index is 13.6. The number of anilines is 1. The Labute approximate surface area is 126 Å². The van der Waals surface area contributed by atoms with Crippen LogP contribution in [0.25, 0.3) is 0 Å². The van der Waals surface area contributed by atoms with Gasteiger partial charge in [-0.2, -0.15) is 5.10 Å². The standard InChI is InChI=1S/C15H14FN3O3/c1-10(11-6-7-15(22-2)14(16)8-11)17-18-12-4-3-5-13(9-12)19(20)21/h3-9,18H,1-2H3/b17-10-. The summed E-state index contributed by atoms with van der Waals surface area (Å²) in [5.41, 5.74) is 4.27. The number of methoxy groups -OCH3 is 1. The van der Waals surface area contributed by atoms with E-state index in [2.05, 4.69) is 10.5 Å². The van der Waals surface area contributed by atoms with Crippen molar-refractivity contribution < 1.29 is 14.1 Å². The van der Waals surface area contributed by atoms with Crippen molar-refractivity contribution in [3.05, 3.63) is 64.0 Å². The van der Waals surface area contributed by atoms with E-state index in [1.54, 1.807) is 25.1 Å². The molecular weight excluding hydrogens is 289 g/mol. The van der Waals surface area contributed by atoms with E-state index in [9.17, 15) is 14.5 Å². The first-order valence-corrected chi connectivity index (χ1v) is 6.40. The van der Waals surface area contributed by atoms with Gasteiger partial charge < -0.3 is 4.74 Å². The van der Waals surface area contributed by atoms with Gasteiger partial charge >= 0.3 is 0 Å². The SMILES string of the molecule is COc1ccc(/C(C)=N\Nc2cccc([N+](=O)[O-])c2)cc1F. The summed E-state index contributed by atoms with van der Waals surface area (Å²) in [4.78, 5) is 10.2. The van der Waals surface area contributed by atoms with Gasteiger partial charge in [0, 0.05) is 17.7 Å². The van der Waals surface area contributed by atoms with E-state index in [0.717, 1.165) is 0 Å². The minimum atomic E-state index is -0.486. The molecule has 0 aliphatic rings. The van der Waals surface area contributed by atoms with E-state index in [1.165, 1.54) is 31.4 Å². The molecule has 0 aliphatic heterocycles. The van der Waals surface area contributed by atoms with Crippen molar-refractivity contribution >= 4 is 17.1 Å². The number of nitrogens with zero attached hydrogens (tertiary/aromatic N) is 2. The second-order valence-electron chi connectivity index (χ2n) is 4.47. The fourth-order valence-corrected chi connectivity index (χ4v) is 1.79. The van der Waals surface area contributed by atoms with E-state index in [1.807, 2.05) is 0 Å². The summed E-state index contributed by atoms with van der Waals surface area (Å²) in [6.07, 6.45) is 0. The van der Waals surface area contributed by atoms with Gasteiger partial charge in [0.15, 0.2) is 11.6 Å². The molecule has 0 aromatic heterocycles. The molecule has 0 bridgehead atoms. The number of hydrogen-bond donors (Lipinski definition) is 1. The second-order valence-corrected chi connectivity index (χ2v) is 4.47. The molecule has 0 atom stereocenters. The third-order valence-electron chi connectivity index (χ3n) is 2.98. The van der Waals surface area contributed by atoms with Crippen LogP contribution < -0.4 is 10.2 Å². The molecule has 0 amide bonds. The third kappa shape index (κ3) is 3.57. The summed E-state index contributed by atoms with van der Waals surface area (Å²) in [6.45, 7) is 1.70. The number of hydrogen-bond acceptors (Lipinski definition) is 5. The lowest BCUT2D eigenvalue weighted by Gasteiger charge is -2.06. The Morgan fingerprint density at radius 2 is 2.09 bits per heavy atom. The molecule has 0 radical (unpaired) electrons. The van der Waals surface area contributed by atoms with Crippen molar-refractivity contribution in [2.75, 3.05) is 12.5 Å². The molecule has 0 spiro atoms. The van der Waals surface area contributed by atoms with Crippen LogP contribution in [-0.2, 0) is 0 Å². The third-order valence-corrected chi connectivity index (χ3v) is 2.98. The van der Waals surface area contributed by atoms with Gasteiger partial charge in [-0.05, 0) is 31.2 Å². The van der Waals surface area contributed by atoms with Gasteiger partial charge in [0.05, 0.1) is 23.4 Å². The zero-order valence-electron chi connectivity index (χ0n) is 12.0. The summed E-state index contributed by atoms with van der Waals surface area (Å²) in [5, 5.41) is 14.8. The maximum Gasteiger partial charge on any atom is 0.271 e. The van der Waals surface area contributed by atoms with Gasteiger partial charge in [0.2, 0.25) is 0 Å². The monoisotopic (exact) mass is 303 g/mol. The van der Waals surface area contributed by atoms with Crippen LogP contribution in [-0.4, -0.2) is 17.7 Å². The molecule has 2 aromatic rings. The van der Waals surface area contributed by atoms with Crippen molar-refractivity contribution in [3.8, 4) is 5.75 Å². The molecule has 0 unspecified atom stereocenters. The average Bonchev–Trinajstić information content (AvgIpc) is 2.52. The smallest absolute Gasteiger partial charge is 0.271 e. The maximum absolute atomic E-state index is 13.6. The summed E-state index contributed by atoms with van der Waals surface area (Å²) in [6, 6.07) is 10.5. The van der Waals surface area contributed by atoms with Gasteiger partial charge in [0.25, 0.3) is 5.69 Å². The van der Waals surface area contributed by atoms with E-state index < -0.39 is 10.7 Å². The molecule has 0 saturated heterocycles. The number of rotatable bonds is 5. The summed E-state index contributed by atoms with van der Waals surface area (Å²) >= 11 is 0. The highest BCUT2D eigenvalue weighted by atomic mass is 19.1. The topological polar surface area (TPSA) is 76.8 Å². The van der Waals surface area contributed by atoms with Crippen LogP contribution in [0.15, 0.2) is 47.6 Å². The fourth-order valence-electron chi connectivity index (χ4n) is 1.79. The van der Waals surface area contributed by atoms with Crippen molar-refractivity contribution in [1.29, 1.82) is 0 Å². The summed E-state index contributed by atoms with van der Waals surface area (Å²) in [7, 11) is 1.39. The first kappa shape index (κ1) is 15.4. The number of halogens is 1.